The molecule has 4 aromatic heterocycles. The molecule has 5 heterocycles. The number of rotatable bonds is 5. The lowest BCUT2D eigenvalue weighted by Crippen LogP contribution is -2.29. The van der Waals surface area contributed by atoms with Crippen LogP contribution < -0.4 is 10.6 Å². The SMILES string of the molecule is Cn1ccc(-c2cnn3c(Nc4ccc(-n5ccnc5)cc4)cc(C4CCCNC4)nc23)c1. The Hall–Kier alpha value is -3.91. The summed E-state index contributed by atoms with van der Waals surface area (Å²) in [5, 5.41) is 11.8. The number of anilines is 2. The summed E-state index contributed by atoms with van der Waals surface area (Å²) in [5.74, 6) is 1.31. The molecule has 1 aromatic carbocycles. The maximum Gasteiger partial charge on any atom is 0.165 e. The van der Waals surface area contributed by atoms with Gasteiger partial charge in [0.25, 0.3) is 0 Å². The van der Waals surface area contributed by atoms with Gasteiger partial charge in [-0.2, -0.15) is 9.61 Å². The van der Waals surface area contributed by atoms with Crippen LogP contribution in [0.1, 0.15) is 24.5 Å². The van der Waals surface area contributed by atoms with Gasteiger partial charge in [0.1, 0.15) is 5.82 Å². The summed E-state index contributed by atoms with van der Waals surface area (Å²) >= 11 is 0. The van der Waals surface area contributed by atoms with Crippen molar-refractivity contribution in [2.45, 2.75) is 18.8 Å². The Bertz CT molecular complexity index is 1370. The number of hydrogen-bond acceptors (Lipinski definition) is 5. The number of piperidine rings is 1. The number of nitrogens with one attached hydrogen (secondary N) is 2. The zero-order chi connectivity index (χ0) is 22.2. The van der Waals surface area contributed by atoms with Gasteiger partial charge in [-0.25, -0.2) is 9.97 Å². The minimum Gasteiger partial charge on any atom is -0.357 e. The first kappa shape index (κ1) is 19.8. The van der Waals surface area contributed by atoms with Crippen LogP contribution in [0.3, 0.4) is 0 Å². The second kappa shape index (κ2) is 8.22. The third-order valence-electron chi connectivity index (χ3n) is 6.29. The summed E-state index contributed by atoms with van der Waals surface area (Å²) in [7, 11) is 2.03. The molecule has 166 valence electrons. The molecule has 1 aliphatic rings. The monoisotopic (exact) mass is 438 g/mol. The highest BCUT2D eigenvalue weighted by Gasteiger charge is 2.21. The first-order valence-corrected chi connectivity index (χ1v) is 11.3. The topological polar surface area (TPSA) is 77.0 Å². The smallest absolute Gasteiger partial charge is 0.165 e. The molecule has 8 nitrogen and oxygen atoms in total. The maximum absolute atomic E-state index is 5.10. The number of nitrogens with zero attached hydrogens (tertiary/aromatic N) is 6. The Morgan fingerprint density at radius 2 is 2.03 bits per heavy atom. The summed E-state index contributed by atoms with van der Waals surface area (Å²) in [6.07, 6.45) is 13.9. The summed E-state index contributed by atoms with van der Waals surface area (Å²) in [5.41, 5.74) is 6.20. The van der Waals surface area contributed by atoms with Gasteiger partial charge in [0.2, 0.25) is 0 Å². The molecule has 0 amide bonds. The van der Waals surface area contributed by atoms with Crippen LogP contribution in [-0.4, -0.2) is 41.8 Å². The quantitative estimate of drug-likeness (QED) is 0.431. The van der Waals surface area contributed by atoms with E-state index in [1.54, 1.807) is 12.5 Å². The number of aryl methyl sites for hydroxylation is 1. The van der Waals surface area contributed by atoms with Crippen LogP contribution in [0.5, 0.6) is 0 Å². The van der Waals surface area contributed by atoms with Crippen molar-refractivity contribution in [3.05, 3.63) is 79.4 Å². The molecule has 1 saturated heterocycles. The largest absolute Gasteiger partial charge is 0.357 e. The zero-order valence-electron chi connectivity index (χ0n) is 18.5. The fraction of sp³-hybridized carbons (Fsp3) is 0.240. The fourth-order valence-corrected chi connectivity index (χ4v) is 4.53. The molecular weight excluding hydrogens is 412 g/mol. The van der Waals surface area contributed by atoms with E-state index >= 15 is 0 Å². The Morgan fingerprint density at radius 1 is 1.12 bits per heavy atom. The van der Waals surface area contributed by atoms with Gasteiger partial charge in [0, 0.05) is 72.9 Å². The van der Waals surface area contributed by atoms with Crippen LogP contribution in [-0.2, 0) is 7.05 Å². The molecule has 0 radical (unpaired) electrons. The van der Waals surface area contributed by atoms with Gasteiger partial charge in [-0.15, -0.1) is 0 Å². The van der Waals surface area contributed by atoms with Crippen molar-refractivity contribution in [3.63, 3.8) is 0 Å². The van der Waals surface area contributed by atoms with Crippen LogP contribution in [0, 0.1) is 0 Å². The van der Waals surface area contributed by atoms with Gasteiger partial charge in [-0.1, -0.05) is 0 Å². The summed E-state index contributed by atoms with van der Waals surface area (Å²) in [4.78, 5) is 9.22. The van der Waals surface area contributed by atoms with Crippen LogP contribution in [0.25, 0.3) is 22.5 Å². The zero-order valence-corrected chi connectivity index (χ0v) is 18.5. The van der Waals surface area contributed by atoms with Crippen molar-refractivity contribution >= 4 is 17.2 Å². The predicted molar refractivity (Wildman–Crippen MR) is 129 cm³/mol. The van der Waals surface area contributed by atoms with Crippen molar-refractivity contribution in [2.75, 3.05) is 18.4 Å². The van der Waals surface area contributed by atoms with Gasteiger partial charge >= 0.3 is 0 Å². The molecule has 0 aliphatic carbocycles. The number of fused-ring (bicyclic) bond motifs is 1. The van der Waals surface area contributed by atoms with Gasteiger partial charge in [0.05, 0.1) is 18.2 Å². The summed E-state index contributed by atoms with van der Waals surface area (Å²) in [6, 6.07) is 12.6. The van der Waals surface area contributed by atoms with E-state index in [1.807, 2.05) is 28.5 Å². The Balaban J connectivity index is 1.41. The average Bonchev–Trinajstić information content (AvgIpc) is 3.61. The lowest BCUT2D eigenvalue weighted by Gasteiger charge is -2.23. The number of hydrogen-bond donors (Lipinski definition) is 2. The van der Waals surface area contributed by atoms with Gasteiger partial charge in [-0.3, -0.25) is 0 Å². The molecule has 2 N–H and O–H groups in total. The van der Waals surface area contributed by atoms with E-state index in [9.17, 15) is 0 Å². The van der Waals surface area contributed by atoms with E-state index in [4.69, 9.17) is 10.1 Å². The second-order valence-electron chi connectivity index (χ2n) is 8.61. The maximum atomic E-state index is 5.10. The summed E-state index contributed by atoms with van der Waals surface area (Å²) < 4.78 is 5.95. The van der Waals surface area contributed by atoms with Crippen LogP contribution in [0.15, 0.2) is 73.7 Å². The van der Waals surface area contributed by atoms with Gasteiger partial charge in [0.15, 0.2) is 5.65 Å². The number of aromatic nitrogens is 6. The Labute approximate surface area is 191 Å². The van der Waals surface area contributed by atoms with E-state index in [2.05, 4.69) is 69.0 Å². The Morgan fingerprint density at radius 3 is 2.76 bits per heavy atom. The lowest BCUT2D eigenvalue weighted by molar-refractivity contribution is 0.455. The molecule has 0 spiro atoms. The third kappa shape index (κ3) is 3.78. The number of benzene rings is 1. The van der Waals surface area contributed by atoms with E-state index in [0.717, 1.165) is 59.2 Å². The first-order chi connectivity index (χ1) is 16.2. The van der Waals surface area contributed by atoms with E-state index in [-0.39, 0.29) is 0 Å². The highest BCUT2D eigenvalue weighted by molar-refractivity contribution is 5.78. The molecule has 5 aromatic rings. The van der Waals surface area contributed by atoms with E-state index in [1.165, 1.54) is 6.42 Å². The molecular formula is C25H26N8. The lowest BCUT2D eigenvalue weighted by atomic mass is 9.96. The average molecular weight is 439 g/mol. The van der Waals surface area contributed by atoms with Crippen LogP contribution >= 0.6 is 0 Å². The van der Waals surface area contributed by atoms with Gasteiger partial charge in [-0.05, 0) is 49.7 Å². The van der Waals surface area contributed by atoms with Crippen molar-refractivity contribution in [2.24, 2.45) is 7.05 Å². The third-order valence-corrected chi connectivity index (χ3v) is 6.29. The highest BCUT2D eigenvalue weighted by atomic mass is 15.3. The van der Waals surface area contributed by atoms with Gasteiger partial charge < -0.3 is 19.8 Å². The normalized spacial score (nSPS) is 16.3. The summed E-state index contributed by atoms with van der Waals surface area (Å²) in [6.45, 7) is 2.03. The first-order valence-electron chi connectivity index (χ1n) is 11.3. The van der Waals surface area contributed by atoms with Crippen molar-refractivity contribution in [1.82, 2.24) is 34.0 Å². The molecule has 1 fully saturated rings. The minimum atomic E-state index is 0.395. The molecule has 6 rings (SSSR count). The van der Waals surface area contributed by atoms with Crippen molar-refractivity contribution in [3.8, 4) is 16.8 Å². The molecule has 1 atom stereocenters. The molecule has 8 heteroatoms. The molecule has 1 unspecified atom stereocenters. The highest BCUT2D eigenvalue weighted by Crippen LogP contribution is 2.31. The predicted octanol–water partition coefficient (Wildman–Crippen LogP) is 4.13. The minimum absolute atomic E-state index is 0.395. The Kier molecular flexibility index (Phi) is 4.92. The molecule has 0 saturated carbocycles. The number of imidazole rings is 1. The second-order valence-corrected chi connectivity index (χ2v) is 8.61. The van der Waals surface area contributed by atoms with E-state index < -0.39 is 0 Å². The molecule has 33 heavy (non-hydrogen) atoms. The standard InChI is InChI=1S/C25H26N8/c1-31-11-8-19(16-31)22-15-28-33-24(13-23(30-25(22)33)18-3-2-9-26-14-18)29-20-4-6-21(7-5-20)32-12-10-27-17-32/h4-8,10-13,15-18,26,29H,2-3,9,14H2,1H3. The van der Waals surface area contributed by atoms with Crippen LogP contribution in [0.2, 0.25) is 0 Å². The fourth-order valence-electron chi connectivity index (χ4n) is 4.53. The van der Waals surface area contributed by atoms with Crippen molar-refractivity contribution in [1.29, 1.82) is 0 Å². The molecule has 0 bridgehead atoms. The molecule has 1 aliphatic heterocycles. The van der Waals surface area contributed by atoms with Crippen molar-refractivity contribution < 1.29 is 0 Å². The van der Waals surface area contributed by atoms with Crippen LogP contribution in [0.4, 0.5) is 11.5 Å². The van der Waals surface area contributed by atoms with E-state index in [0.29, 0.717) is 5.92 Å².